The summed E-state index contributed by atoms with van der Waals surface area (Å²) in [4.78, 5) is 21.9. The summed E-state index contributed by atoms with van der Waals surface area (Å²) < 4.78 is 42.7. The Morgan fingerprint density at radius 3 is 2.46 bits per heavy atom. The third-order valence-corrected chi connectivity index (χ3v) is 7.53. The van der Waals surface area contributed by atoms with E-state index in [1.807, 2.05) is 4.90 Å². The Kier molecular flexibility index (Phi) is 5.86. The zero-order valence-corrected chi connectivity index (χ0v) is 19.5. The number of sulfonamides is 1. The monoisotopic (exact) mass is 496 g/mol. The van der Waals surface area contributed by atoms with Crippen molar-refractivity contribution in [1.82, 2.24) is 29.3 Å². The van der Waals surface area contributed by atoms with E-state index in [-0.39, 0.29) is 23.9 Å². The molecule has 180 valence electrons. The zero-order valence-electron chi connectivity index (χ0n) is 18.7. The third-order valence-electron chi connectivity index (χ3n) is 5.62. The number of amides is 1. The van der Waals surface area contributed by atoms with Crippen LogP contribution in [0.3, 0.4) is 0 Å². The molecule has 0 radical (unpaired) electrons. The largest absolute Gasteiger partial charge is 0.352 e. The van der Waals surface area contributed by atoms with Gasteiger partial charge in [0.1, 0.15) is 12.1 Å². The fourth-order valence-electron chi connectivity index (χ4n) is 3.95. The molecule has 3 heterocycles. The van der Waals surface area contributed by atoms with E-state index in [9.17, 15) is 17.6 Å². The lowest BCUT2D eigenvalue weighted by molar-refractivity contribution is -0.114. The minimum Gasteiger partial charge on any atom is -0.352 e. The summed E-state index contributed by atoms with van der Waals surface area (Å²) in [5.74, 6) is -0.0941. The second-order valence-electron chi connectivity index (χ2n) is 7.95. The minimum atomic E-state index is -3.70. The molecule has 1 N–H and O–H groups in total. The maximum atomic E-state index is 13.7. The van der Waals surface area contributed by atoms with Gasteiger partial charge in [-0.1, -0.05) is 11.3 Å². The molecule has 1 aliphatic rings. The van der Waals surface area contributed by atoms with Crippen molar-refractivity contribution in [2.24, 2.45) is 0 Å². The van der Waals surface area contributed by atoms with Crippen molar-refractivity contribution < 1.29 is 17.6 Å². The Morgan fingerprint density at radius 2 is 1.77 bits per heavy atom. The van der Waals surface area contributed by atoms with E-state index in [1.165, 1.54) is 46.5 Å². The number of fused-ring (bicyclic) bond motifs is 1. The maximum Gasteiger partial charge on any atom is 0.243 e. The highest BCUT2D eigenvalue weighted by Crippen LogP contribution is 2.26. The van der Waals surface area contributed by atoms with Crippen molar-refractivity contribution in [1.29, 1.82) is 0 Å². The van der Waals surface area contributed by atoms with Gasteiger partial charge in [0.25, 0.3) is 0 Å². The van der Waals surface area contributed by atoms with Gasteiger partial charge < -0.3 is 10.2 Å². The number of nitrogens with one attached hydrogen (secondary N) is 1. The molecule has 5 rings (SSSR count). The molecule has 0 aliphatic carbocycles. The molecular weight excluding hydrogens is 475 g/mol. The normalized spacial score (nSPS) is 14.9. The highest BCUT2D eigenvalue weighted by atomic mass is 32.2. The van der Waals surface area contributed by atoms with Crippen molar-refractivity contribution in [2.75, 3.05) is 36.4 Å². The third kappa shape index (κ3) is 4.42. The molecule has 1 fully saturated rings. The predicted octanol–water partition coefficient (Wildman–Crippen LogP) is 1.82. The first-order chi connectivity index (χ1) is 16.8. The summed E-state index contributed by atoms with van der Waals surface area (Å²) in [6, 6.07) is 12.0. The molecule has 13 heteroatoms. The number of benzene rings is 2. The Hall–Kier alpha value is -3.97. The number of carbonyl (C=O) groups excluding carboxylic acids is 1. The van der Waals surface area contributed by atoms with E-state index >= 15 is 0 Å². The topological polar surface area (TPSA) is 126 Å². The van der Waals surface area contributed by atoms with Crippen LogP contribution in [0, 0.1) is 5.82 Å². The summed E-state index contributed by atoms with van der Waals surface area (Å²) in [5, 5.41) is 10.9. The first-order valence-electron chi connectivity index (χ1n) is 10.8. The van der Waals surface area contributed by atoms with Crippen LogP contribution in [0.2, 0.25) is 0 Å². The fraction of sp³-hybridized carbons (Fsp3) is 0.227. The predicted molar refractivity (Wildman–Crippen MR) is 126 cm³/mol. The van der Waals surface area contributed by atoms with Gasteiger partial charge in [0, 0.05) is 38.8 Å². The summed E-state index contributed by atoms with van der Waals surface area (Å²) >= 11 is 0. The number of halogens is 1. The molecule has 1 saturated heterocycles. The highest BCUT2D eigenvalue weighted by molar-refractivity contribution is 7.89. The molecule has 2 aromatic heterocycles. The van der Waals surface area contributed by atoms with Crippen LogP contribution in [0.15, 0.2) is 59.8 Å². The van der Waals surface area contributed by atoms with E-state index in [4.69, 9.17) is 0 Å². The van der Waals surface area contributed by atoms with Crippen molar-refractivity contribution in [2.45, 2.75) is 11.8 Å². The molecule has 0 bridgehead atoms. The van der Waals surface area contributed by atoms with Crippen molar-refractivity contribution in [3.8, 4) is 5.69 Å². The first-order valence-corrected chi connectivity index (χ1v) is 12.2. The van der Waals surface area contributed by atoms with Crippen LogP contribution >= 0.6 is 0 Å². The maximum absolute atomic E-state index is 13.7. The Morgan fingerprint density at radius 1 is 1.03 bits per heavy atom. The average molecular weight is 497 g/mol. The molecule has 0 unspecified atom stereocenters. The molecule has 1 aliphatic heterocycles. The number of nitrogens with zero attached hydrogens (tertiary/aromatic N) is 7. The van der Waals surface area contributed by atoms with Crippen LogP contribution in [-0.2, 0) is 14.8 Å². The molecule has 35 heavy (non-hydrogen) atoms. The number of rotatable bonds is 5. The van der Waals surface area contributed by atoms with Crippen LogP contribution in [0.1, 0.15) is 6.92 Å². The van der Waals surface area contributed by atoms with Gasteiger partial charge in [-0.15, -0.1) is 5.10 Å². The van der Waals surface area contributed by atoms with Crippen molar-refractivity contribution in [3.05, 3.63) is 60.7 Å². The number of aromatic nitrogens is 5. The molecule has 11 nitrogen and oxygen atoms in total. The average Bonchev–Trinajstić information content (AvgIpc) is 3.28. The van der Waals surface area contributed by atoms with Gasteiger partial charge in [0.15, 0.2) is 17.0 Å². The van der Waals surface area contributed by atoms with Crippen LogP contribution in [0.25, 0.3) is 16.9 Å². The van der Waals surface area contributed by atoms with Gasteiger partial charge in [0.2, 0.25) is 15.9 Å². The SMILES string of the molecule is CC(=O)Nc1ccc(S(=O)(=O)N2CCN(c3ncnc4c3nnn4-c3cccc(F)c3)CC2)cc1. The second kappa shape index (κ2) is 9.00. The Bertz CT molecular complexity index is 1500. The molecule has 0 spiro atoms. The lowest BCUT2D eigenvalue weighted by atomic mass is 10.3. The van der Waals surface area contributed by atoms with Crippen LogP contribution in [0.4, 0.5) is 15.9 Å². The molecule has 1 amide bonds. The molecule has 2 aromatic carbocycles. The van der Waals surface area contributed by atoms with E-state index in [1.54, 1.807) is 24.3 Å². The first kappa shape index (κ1) is 22.8. The van der Waals surface area contributed by atoms with Gasteiger partial charge >= 0.3 is 0 Å². The second-order valence-corrected chi connectivity index (χ2v) is 9.89. The minimum absolute atomic E-state index is 0.155. The van der Waals surface area contributed by atoms with Crippen LogP contribution in [0.5, 0.6) is 0 Å². The van der Waals surface area contributed by atoms with E-state index in [0.29, 0.717) is 41.4 Å². The Balaban J connectivity index is 1.34. The van der Waals surface area contributed by atoms with E-state index in [0.717, 1.165) is 0 Å². The molecular formula is C22H21FN8O3S. The zero-order chi connectivity index (χ0) is 24.6. The number of anilines is 2. The summed E-state index contributed by atoms with van der Waals surface area (Å²) in [6.45, 7) is 2.67. The van der Waals surface area contributed by atoms with Gasteiger partial charge in [-0.05, 0) is 42.5 Å². The standard InChI is InChI=1S/C22H21FN8O3S/c1-15(32)26-17-5-7-19(8-6-17)35(33,34)30-11-9-29(10-12-30)21-20-22(25-14-24-21)31(28-27-20)18-4-2-3-16(23)13-18/h2-8,13-14H,9-12H2,1H3,(H,26,32). The van der Waals surface area contributed by atoms with Crippen molar-refractivity contribution >= 4 is 38.6 Å². The smallest absolute Gasteiger partial charge is 0.243 e. The van der Waals surface area contributed by atoms with E-state index in [2.05, 4.69) is 25.6 Å². The van der Waals surface area contributed by atoms with Gasteiger partial charge in [-0.3, -0.25) is 4.79 Å². The number of hydrogen-bond donors (Lipinski definition) is 1. The van der Waals surface area contributed by atoms with Crippen molar-refractivity contribution in [3.63, 3.8) is 0 Å². The quantitative estimate of drug-likeness (QED) is 0.443. The van der Waals surface area contributed by atoms with E-state index < -0.39 is 15.8 Å². The lowest BCUT2D eigenvalue weighted by Crippen LogP contribution is -2.49. The molecule has 0 saturated carbocycles. The summed E-state index contributed by atoms with van der Waals surface area (Å²) in [6.07, 6.45) is 1.39. The van der Waals surface area contributed by atoms with Crippen LogP contribution < -0.4 is 10.2 Å². The number of piperazine rings is 1. The molecule has 0 atom stereocenters. The van der Waals surface area contributed by atoms with Crippen LogP contribution in [-0.4, -0.2) is 69.8 Å². The van der Waals surface area contributed by atoms with Gasteiger partial charge in [-0.2, -0.15) is 8.99 Å². The van der Waals surface area contributed by atoms with Gasteiger partial charge in [-0.25, -0.2) is 22.8 Å². The number of carbonyl (C=O) groups is 1. The lowest BCUT2D eigenvalue weighted by Gasteiger charge is -2.34. The Labute approximate surface area is 200 Å². The summed E-state index contributed by atoms with van der Waals surface area (Å²) in [7, 11) is -3.70. The van der Waals surface area contributed by atoms with Gasteiger partial charge in [0.05, 0.1) is 10.6 Å². The number of hydrogen-bond acceptors (Lipinski definition) is 8. The fourth-order valence-corrected chi connectivity index (χ4v) is 5.37. The highest BCUT2D eigenvalue weighted by Gasteiger charge is 2.30. The summed E-state index contributed by atoms with van der Waals surface area (Å²) in [5.41, 5.74) is 1.88. The molecule has 4 aromatic rings.